The predicted molar refractivity (Wildman–Crippen MR) is 103 cm³/mol. The number of nitrogen functional groups attached to an aromatic ring is 1. The van der Waals surface area contributed by atoms with Crippen LogP contribution in [0, 0.1) is 17.6 Å². The van der Waals surface area contributed by atoms with E-state index in [9.17, 15) is 8.78 Å². The van der Waals surface area contributed by atoms with E-state index in [2.05, 4.69) is 9.80 Å². The Bertz CT molecular complexity index is 783. The van der Waals surface area contributed by atoms with E-state index in [-0.39, 0.29) is 11.6 Å². The molecule has 2 aliphatic rings. The number of rotatable bonds is 4. The smallest absolute Gasteiger partial charge is 0.125 e. The van der Waals surface area contributed by atoms with Crippen LogP contribution in [0.25, 0.3) is 0 Å². The van der Waals surface area contributed by atoms with Gasteiger partial charge in [0.1, 0.15) is 17.4 Å². The van der Waals surface area contributed by atoms with Crippen LogP contribution < -0.4 is 15.4 Å². The molecule has 6 heteroatoms. The van der Waals surface area contributed by atoms with Crippen molar-refractivity contribution in [2.45, 2.75) is 18.9 Å². The molecule has 2 fully saturated rings. The average molecular weight is 373 g/mol. The summed E-state index contributed by atoms with van der Waals surface area (Å²) in [6.07, 6.45) is 2.21. The lowest BCUT2D eigenvalue weighted by Crippen LogP contribution is -2.57. The second-order valence-corrected chi connectivity index (χ2v) is 7.51. The van der Waals surface area contributed by atoms with Gasteiger partial charge in [0.15, 0.2) is 0 Å². The van der Waals surface area contributed by atoms with Gasteiger partial charge in [0.25, 0.3) is 0 Å². The van der Waals surface area contributed by atoms with Crippen molar-refractivity contribution in [2.24, 2.45) is 5.92 Å². The lowest BCUT2D eigenvalue weighted by atomic mass is 9.91. The van der Waals surface area contributed by atoms with Gasteiger partial charge < -0.3 is 15.4 Å². The van der Waals surface area contributed by atoms with Gasteiger partial charge in [-0.1, -0.05) is 0 Å². The summed E-state index contributed by atoms with van der Waals surface area (Å²) in [5.74, 6) is 0.656. The molecule has 4 rings (SSSR count). The lowest BCUT2D eigenvalue weighted by Gasteiger charge is -2.47. The third-order valence-electron chi connectivity index (χ3n) is 5.64. The van der Waals surface area contributed by atoms with E-state index in [0.717, 1.165) is 50.5 Å². The largest absolute Gasteiger partial charge is 0.493 e. The summed E-state index contributed by atoms with van der Waals surface area (Å²) < 4.78 is 32.1. The minimum absolute atomic E-state index is 0.248. The van der Waals surface area contributed by atoms with Gasteiger partial charge in [0.2, 0.25) is 0 Å². The van der Waals surface area contributed by atoms with E-state index in [1.54, 1.807) is 18.2 Å². The Hall–Kier alpha value is -2.34. The molecule has 0 radical (unpaired) electrons. The van der Waals surface area contributed by atoms with Crippen molar-refractivity contribution >= 4 is 11.4 Å². The van der Waals surface area contributed by atoms with Crippen molar-refractivity contribution in [3.05, 3.63) is 54.1 Å². The van der Waals surface area contributed by atoms with Crippen LogP contribution in [0.3, 0.4) is 0 Å². The molecule has 2 aliphatic heterocycles. The van der Waals surface area contributed by atoms with Crippen molar-refractivity contribution in [2.75, 3.05) is 43.4 Å². The molecule has 0 aromatic heterocycles. The van der Waals surface area contributed by atoms with E-state index in [1.165, 1.54) is 24.3 Å². The van der Waals surface area contributed by atoms with Crippen molar-refractivity contribution in [1.29, 1.82) is 0 Å². The molecule has 2 heterocycles. The van der Waals surface area contributed by atoms with Crippen molar-refractivity contribution in [3.8, 4) is 5.75 Å². The molecule has 0 aliphatic carbocycles. The van der Waals surface area contributed by atoms with Crippen LogP contribution in [0.1, 0.15) is 12.8 Å². The molecule has 0 bridgehead atoms. The predicted octanol–water partition coefficient (Wildman–Crippen LogP) is 3.53. The standard InChI is InChI=1S/C21H25F2N3O/c22-16-2-6-19(7-3-16)27-14-15-1-5-18-13-26(10-9-25(18)12-15)21-8-4-17(23)11-20(21)24/h2-4,6-8,11,15,18H,1,5,9-10,12-14,24H2/t15-,18+/m1/s1. The van der Waals surface area contributed by atoms with E-state index >= 15 is 0 Å². The van der Waals surface area contributed by atoms with Gasteiger partial charge in [0.05, 0.1) is 18.0 Å². The van der Waals surface area contributed by atoms with Crippen LogP contribution in [0.2, 0.25) is 0 Å². The number of anilines is 2. The first kappa shape index (κ1) is 18.0. The highest BCUT2D eigenvalue weighted by Crippen LogP contribution is 2.31. The number of piperidine rings is 1. The molecule has 0 spiro atoms. The molecule has 4 nitrogen and oxygen atoms in total. The highest BCUT2D eigenvalue weighted by atomic mass is 19.1. The quantitative estimate of drug-likeness (QED) is 0.833. The number of piperazine rings is 1. The topological polar surface area (TPSA) is 41.7 Å². The molecule has 0 unspecified atom stereocenters. The third kappa shape index (κ3) is 4.16. The van der Waals surface area contributed by atoms with E-state index < -0.39 is 0 Å². The van der Waals surface area contributed by atoms with Crippen LogP contribution in [-0.2, 0) is 0 Å². The molecule has 2 saturated heterocycles. The molecular weight excluding hydrogens is 348 g/mol. The first-order valence-corrected chi connectivity index (χ1v) is 9.51. The maximum Gasteiger partial charge on any atom is 0.125 e. The van der Waals surface area contributed by atoms with Crippen molar-refractivity contribution in [3.63, 3.8) is 0 Å². The van der Waals surface area contributed by atoms with Gasteiger partial charge in [-0.25, -0.2) is 8.78 Å². The van der Waals surface area contributed by atoms with Crippen molar-refractivity contribution < 1.29 is 13.5 Å². The monoisotopic (exact) mass is 373 g/mol. The second-order valence-electron chi connectivity index (χ2n) is 7.51. The molecule has 27 heavy (non-hydrogen) atoms. The Morgan fingerprint density at radius 1 is 0.963 bits per heavy atom. The van der Waals surface area contributed by atoms with E-state index in [1.807, 2.05) is 0 Å². The Kier molecular flexibility index (Phi) is 5.16. The molecule has 0 saturated carbocycles. The summed E-state index contributed by atoms with van der Waals surface area (Å²) >= 11 is 0. The number of nitrogens with zero attached hydrogens (tertiary/aromatic N) is 2. The fraction of sp³-hybridized carbons (Fsp3) is 0.429. The summed E-state index contributed by atoms with van der Waals surface area (Å²) in [5, 5.41) is 0. The average Bonchev–Trinajstić information content (AvgIpc) is 2.67. The molecule has 144 valence electrons. The Labute approximate surface area is 158 Å². The van der Waals surface area contributed by atoms with Crippen LogP contribution in [0.15, 0.2) is 42.5 Å². The highest BCUT2D eigenvalue weighted by Gasteiger charge is 2.33. The van der Waals surface area contributed by atoms with Crippen LogP contribution >= 0.6 is 0 Å². The molecular formula is C21H25F2N3O. The third-order valence-corrected chi connectivity index (χ3v) is 5.64. The maximum absolute atomic E-state index is 13.3. The van der Waals surface area contributed by atoms with Gasteiger partial charge in [-0.2, -0.15) is 0 Å². The zero-order valence-electron chi connectivity index (χ0n) is 15.3. The van der Waals surface area contributed by atoms with E-state index in [0.29, 0.717) is 24.3 Å². The zero-order valence-corrected chi connectivity index (χ0v) is 15.3. The molecule has 0 amide bonds. The number of hydrogen-bond acceptors (Lipinski definition) is 4. The SMILES string of the molecule is Nc1cc(F)ccc1N1CCN2C[C@H](COc3ccc(F)cc3)CC[C@H]2C1. The normalized spacial score (nSPS) is 23.1. The summed E-state index contributed by atoms with van der Waals surface area (Å²) in [6.45, 7) is 4.44. The fourth-order valence-electron chi connectivity index (χ4n) is 4.17. The first-order chi connectivity index (χ1) is 13.1. The maximum atomic E-state index is 13.3. The second kappa shape index (κ2) is 7.72. The van der Waals surface area contributed by atoms with Gasteiger partial charge >= 0.3 is 0 Å². The number of ether oxygens (including phenoxy) is 1. The van der Waals surface area contributed by atoms with Gasteiger partial charge in [-0.3, -0.25) is 4.90 Å². The molecule has 2 N–H and O–H groups in total. The number of fused-ring (bicyclic) bond motifs is 1. The Balaban J connectivity index is 1.31. The van der Waals surface area contributed by atoms with Gasteiger partial charge in [0, 0.05) is 38.1 Å². The first-order valence-electron chi connectivity index (χ1n) is 9.51. The zero-order chi connectivity index (χ0) is 18.8. The summed E-state index contributed by atoms with van der Waals surface area (Å²) in [5.41, 5.74) is 7.44. The highest BCUT2D eigenvalue weighted by molar-refractivity contribution is 5.67. The molecule has 2 aromatic carbocycles. The fourth-order valence-corrected chi connectivity index (χ4v) is 4.17. The van der Waals surface area contributed by atoms with Crippen LogP contribution in [0.5, 0.6) is 5.75 Å². The van der Waals surface area contributed by atoms with Crippen LogP contribution in [0.4, 0.5) is 20.2 Å². The number of benzene rings is 2. The summed E-state index contributed by atoms with van der Waals surface area (Å²) in [6, 6.07) is 11.3. The summed E-state index contributed by atoms with van der Waals surface area (Å²) in [7, 11) is 0. The lowest BCUT2D eigenvalue weighted by molar-refractivity contribution is 0.0730. The molecule has 2 atom stereocenters. The Morgan fingerprint density at radius 3 is 2.52 bits per heavy atom. The van der Waals surface area contributed by atoms with Crippen LogP contribution in [-0.4, -0.2) is 43.7 Å². The number of hydrogen-bond donors (Lipinski definition) is 1. The Morgan fingerprint density at radius 2 is 1.74 bits per heavy atom. The van der Waals surface area contributed by atoms with Crippen molar-refractivity contribution in [1.82, 2.24) is 4.90 Å². The minimum Gasteiger partial charge on any atom is -0.493 e. The summed E-state index contributed by atoms with van der Waals surface area (Å²) in [4.78, 5) is 4.80. The molecule has 2 aromatic rings. The van der Waals surface area contributed by atoms with E-state index in [4.69, 9.17) is 10.5 Å². The number of halogens is 2. The minimum atomic E-state index is -0.295. The van der Waals surface area contributed by atoms with Gasteiger partial charge in [-0.05, 0) is 55.3 Å². The number of nitrogens with two attached hydrogens (primary N) is 1. The van der Waals surface area contributed by atoms with Gasteiger partial charge in [-0.15, -0.1) is 0 Å².